The second-order valence-corrected chi connectivity index (χ2v) is 10.4. The van der Waals surface area contributed by atoms with Crippen molar-refractivity contribution in [3.63, 3.8) is 0 Å². The number of aryl methyl sites for hydroxylation is 2. The van der Waals surface area contributed by atoms with Crippen LogP contribution in [-0.2, 0) is 14.9 Å². The molecule has 6 nitrogen and oxygen atoms in total. The molecule has 33 heavy (non-hydrogen) atoms. The maximum atomic E-state index is 12.8. The van der Waals surface area contributed by atoms with Gasteiger partial charge in [0.15, 0.2) is 5.17 Å². The first-order valence-electron chi connectivity index (χ1n) is 9.86. The van der Waals surface area contributed by atoms with Gasteiger partial charge in [0.1, 0.15) is 10.6 Å². The van der Waals surface area contributed by atoms with Gasteiger partial charge in [-0.2, -0.15) is 8.42 Å². The maximum Gasteiger partial charge on any atom is 0.339 e. The first-order valence-corrected chi connectivity index (χ1v) is 12.5. The summed E-state index contributed by atoms with van der Waals surface area (Å²) in [5.41, 5.74) is 3.10. The molecule has 9 heteroatoms. The first kappa shape index (κ1) is 23.1. The third kappa shape index (κ3) is 5.65. The highest BCUT2D eigenvalue weighted by atomic mass is 35.5. The van der Waals surface area contributed by atoms with Crippen LogP contribution in [0.25, 0.3) is 6.08 Å². The zero-order chi connectivity index (χ0) is 23.6. The second-order valence-electron chi connectivity index (χ2n) is 7.35. The van der Waals surface area contributed by atoms with E-state index in [2.05, 4.69) is 10.3 Å². The summed E-state index contributed by atoms with van der Waals surface area (Å²) < 4.78 is 30.9. The lowest BCUT2D eigenvalue weighted by atomic mass is 10.2. The standard InChI is InChI=1S/C24H19ClN2O4S2/c1-15-3-8-19(9-4-15)26-24-27-23(28)22(32-24)14-17-13-18(25)7-12-21(17)31-33(29,30)20-10-5-16(2)6-11-20/h3-14H,1-2H3,(H,26,27,28)/b22-14-. The normalized spacial score (nSPS) is 16.3. The summed E-state index contributed by atoms with van der Waals surface area (Å²) in [6.45, 7) is 3.84. The van der Waals surface area contributed by atoms with E-state index in [0.29, 0.717) is 26.3 Å². The number of rotatable bonds is 5. The minimum atomic E-state index is -4.07. The molecule has 4 rings (SSSR count). The van der Waals surface area contributed by atoms with Crippen molar-refractivity contribution in [2.45, 2.75) is 18.7 Å². The molecular formula is C24H19ClN2O4S2. The van der Waals surface area contributed by atoms with Crippen LogP contribution in [0.4, 0.5) is 5.69 Å². The fourth-order valence-electron chi connectivity index (χ4n) is 2.94. The molecular weight excluding hydrogens is 480 g/mol. The second kappa shape index (κ2) is 9.43. The molecule has 0 aliphatic carbocycles. The Hall–Kier alpha value is -3.07. The van der Waals surface area contributed by atoms with Gasteiger partial charge in [-0.05, 0) is 74.1 Å². The van der Waals surface area contributed by atoms with Gasteiger partial charge in [-0.25, -0.2) is 4.99 Å². The fourth-order valence-corrected chi connectivity index (χ4v) is 4.90. The van der Waals surface area contributed by atoms with Crippen LogP contribution in [0.3, 0.4) is 0 Å². The predicted octanol–water partition coefficient (Wildman–Crippen LogP) is 5.62. The number of benzene rings is 3. The number of amides is 1. The highest BCUT2D eigenvalue weighted by Gasteiger charge is 2.25. The molecule has 0 bridgehead atoms. The molecule has 1 fully saturated rings. The highest BCUT2D eigenvalue weighted by Crippen LogP contribution is 2.33. The summed E-state index contributed by atoms with van der Waals surface area (Å²) in [6, 6.07) is 18.4. The molecule has 1 amide bonds. The Morgan fingerprint density at radius 3 is 2.27 bits per heavy atom. The molecule has 0 atom stereocenters. The van der Waals surface area contributed by atoms with E-state index in [-0.39, 0.29) is 16.6 Å². The molecule has 3 aromatic rings. The number of nitrogens with zero attached hydrogens (tertiary/aromatic N) is 1. The summed E-state index contributed by atoms with van der Waals surface area (Å²) >= 11 is 7.27. The zero-order valence-electron chi connectivity index (χ0n) is 17.7. The quantitative estimate of drug-likeness (QED) is 0.364. The van der Waals surface area contributed by atoms with Gasteiger partial charge in [0.2, 0.25) is 0 Å². The molecule has 0 saturated carbocycles. The van der Waals surface area contributed by atoms with Gasteiger partial charge in [0.25, 0.3) is 5.91 Å². The van der Waals surface area contributed by atoms with Gasteiger partial charge >= 0.3 is 10.1 Å². The van der Waals surface area contributed by atoms with Crippen LogP contribution in [0.5, 0.6) is 5.75 Å². The minimum absolute atomic E-state index is 0.0298. The number of hydrogen-bond acceptors (Lipinski definition) is 6. The molecule has 3 aromatic carbocycles. The van der Waals surface area contributed by atoms with Crippen molar-refractivity contribution in [1.29, 1.82) is 0 Å². The summed E-state index contributed by atoms with van der Waals surface area (Å²) in [6.07, 6.45) is 1.53. The number of thioether (sulfide) groups is 1. The lowest BCUT2D eigenvalue weighted by Crippen LogP contribution is -2.19. The van der Waals surface area contributed by atoms with Crippen molar-refractivity contribution in [3.8, 4) is 5.75 Å². The maximum absolute atomic E-state index is 12.8. The van der Waals surface area contributed by atoms with E-state index >= 15 is 0 Å². The topological polar surface area (TPSA) is 84.8 Å². The van der Waals surface area contributed by atoms with E-state index in [9.17, 15) is 13.2 Å². The van der Waals surface area contributed by atoms with Crippen molar-refractivity contribution in [2.24, 2.45) is 4.99 Å². The third-order valence-electron chi connectivity index (χ3n) is 4.68. The van der Waals surface area contributed by atoms with E-state index in [1.165, 1.54) is 36.4 Å². The van der Waals surface area contributed by atoms with Crippen LogP contribution in [0, 0.1) is 13.8 Å². The monoisotopic (exact) mass is 498 g/mol. The Morgan fingerprint density at radius 1 is 0.970 bits per heavy atom. The van der Waals surface area contributed by atoms with Crippen molar-refractivity contribution in [3.05, 3.63) is 93.3 Å². The van der Waals surface area contributed by atoms with E-state index in [4.69, 9.17) is 15.8 Å². The number of nitrogens with one attached hydrogen (secondary N) is 1. The fraction of sp³-hybridized carbons (Fsp3) is 0.0833. The lowest BCUT2D eigenvalue weighted by molar-refractivity contribution is -0.115. The molecule has 1 saturated heterocycles. The SMILES string of the molecule is Cc1ccc(N=C2NC(=O)/C(=C/c3cc(Cl)ccc3OS(=O)(=O)c3ccc(C)cc3)S2)cc1. The summed E-state index contributed by atoms with van der Waals surface area (Å²) in [7, 11) is -4.07. The van der Waals surface area contributed by atoms with Crippen LogP contribution >= 0.6 is 23.4 Å². The molecule has 1 aliphatic heterocycles. The average molecular weight is 499 g/mol. The highest BCUT2D eigenvalue weighted by molar-refractivity contribution is 8.18. The van der Waals surface area contributed by atoms with Gasteiger partial charge in [-0.1, -0.05) is 47.0 Å². The van der Waals surface area contributed by atoms with Crippen molar-refractivity contribution < 1.29 is 17.4 Å². The Morgan fingerprint density at radius 2 is 1.61 bits per heavy atom. The largest absolute Gasteiger partial charge is 0.378 e. The molecule has 0 spiro atoms. The number of carbonyl (C=O) groups excluding carboxylic acids is 1. The van der Waals surface area contributed by atoms with Gasteiger partial charge in [0.05, 0.1) is 10.6 Å². The van der Waals surface area contributed by atoms with Crippen molar-refractivity contribution >= 4 is 56.3 Å². The van der Waals surface area contributed by atoms with Crippen molar-refractivity contribution in [2.75, 3.05) is 0 Å². The van der Waals surface area contributed by atoms with Gasteiger partial charge in [-0.15, -0.1) is 0 Å². The number of aliphatic imine (C=N–C) groups is 1. The van der Waals surface area contributed by atoms with Gasteiger partial charge < -0.3 is 9.50 Å². The molecule has 0 unspecified atom stereocenters. The zero-order valence-corrected chi connectivity index (χ0v) is 20.1. The Bertz CT molecular complexity index is 1380. The first-order chi connectivity index (χ1) is 15.7. The van der Waals surface area contributed by atoms with E-state index < -0.39 is 10.1 Å². The minimum Gasteiger partial charge on any atom is -0.378 e. The molecule has 1 N–H and O–H groups in total. The summed E-state index contributed by atoms with van der Waals surface area (Å²) in [5.74, 6) is -0.289. The average Bonchev–Trinajstić information content (AvgIpc) is 3.10. The predicted molar refractivity (Wildman–Crippen MR) is 132 cm³/mol. The smallest absolute Gasteiger partial charge is 0.339 e. The number of halogens is 1. The molecule has 0 aromatic heterocycles. The van der Waals surface area contributed by atoms with Crippen LogP contribution in [-0.4, -0.2) is 19.5 Å². The van der Waals surface area contributed by atoms with E-state index in [1.807, 2.05) is 38.1 Å². The Balaban J connectivity index is 1.63. The van der Waals surface area contributed by atoms with E-state index in [1.54, 1.807) is 12.1 Å². The van der Waals surface area contributed by atoms with Gasteiger partial charge in [0, 0.05) is 10.6 Å². The lowest BCUT2D eigenvalue weighted by Gasteiger charge is -2.10. The molecule has 1 aliphatic rings. The Kier molecular flexibility index (Phi) is 6.60. The molecule has 168 valence electrons. The van der Waals surface area contributed by atoms with E-state index in [0.717, 1.165) is 22.9 Å². The summed E-state index contributed by atoms with van der Waals surface area (Å²) in [5, 5.41) is 3.51. The Labute approximate surface area is 201 Å². The summed E-state index contributed by atoms with van der Waals surface area (Å²) in [4.78, 5) is 17.3. The van der Waals surface area contributed by atoms with Crippen LogP contribution < -0.4 is 9.50 Å². The third-order valence-corrected chi connectivity index (χ3v) is 7.08. The number of hydrogen-bond donors (Lipinski definition) is 1. The van der Waals surface area contributed by atoms with Crippen LogP contribution in [0.15, 0.2) is 81.5 Å². The number of carbonyl (C=O) groups is 1. The van der Waals surface area contributed by atoms with Crippen LogP contribution in [0.1, 0.15) is 16.7 Å². The van der Waals surface area contributed by atoms with Gasteiger partial charge in [-0.3, -0.25) is 4.79 Å². The number of amidine groups is 1. The molecule has 0 radical (unpaired) electrons. The van der Waals surface area contributed by atoms with Crippen molar-refractivity contribution in [1.82, 2.24) is 5.32 Å². The molecule has 1 heterocycles. The van der Waals surface area contributed by atoms with Crippen LogP contribution in [0.2, 0.25) is 5.02 Å².